The van der Waals surface area contributed by atoms with E-state index in [4.69, 9.17) is 23.2 Å². The van der Waals surface area contributed by atoms with Gasteiger partial charge in [-0.2, -0.15) is 5.10 Å². The Labute approximate surface area is 135 Å². The van der Waals surface area contributed by atoms with Crippen molar-refractivity contribution in [2.45, 2.75) is 23.1 Å². The van der Waals surface area contributed by atoms with Gasteiger partial charge in [-0.3, -0.25) is 9.78 Å². The van der Waals surface area contributed by atoms with E-state index in [0.717, 1.165) is 0 Å². The molecule has 2 bridgehead atoms. The van der Waals surface area contributed by atoms with Gasteiger partial charge >= 0.3 is 0 Å². The summed E-state index contributed by atoms with van der Waals surface area (Å²) >= 11 is 11.3. The first kappa shape index (κ1) is 15.6. The Kier molecular flexibility index (Phi) is 3.85. The number of amides is 1. The van der Waals surface area contributed by atoms with Crippen molar-refractivity contribution in [2.75, 3.05) is 0 Å². The Hall–Kier alpha value is -1.27. The summed E-state index contributed by atoms with van der Waals surface area (Å²) in [5, 5.41) is -1.32. The number of halogens is 4. The van der Waals surface area contributed by atoms with Crippen molar-refractivity contribution in [3.05, 3.63) is 30.1 Å². The number of alkyl halides is 4. The van der Waals surface area contributed by atoms with Crippen molar-refractivity contribution < 1.29 is 13.6 Å². The Balaban J connectivity index is 1.63. The van der Waals surface area contributed by atoms with Crippen LogP contribution < -0.4 is 5.43 Å². The van der Waals surface area contributed by atoms with Crippen molar-refractivity contribution in [3.63, 3.8) is 0 Å². The molecule has 0 saturated heterocycles. The molecule has 0 radical (unpaired) electrons. The lowest BCUT2D eigenvalue weighted by Gasteiger charge is -2.36. The summed E-state index contributed by atoms with van der Waals surface area (Å²) in [5.74, 6) is -2.15. The third-order valence-corrected chi connectivity index (χ3v) is 5.65. The minimum absolute atomic E-state index is 0.273. The Bertz CT molecular complexity index is 609. The van der Waals surface area contributed by atoms with Crippen LogP contribution in [0.1, 0.15) is 23.2 Å². The van der Waals surface area contributed by atoms with Gasteiger partial charge in [0.25, 0.3) is 5.91 Å². The van der Waals surface area contributed by atoms with Crippen molar-refractivity contribution >= 4 is 35.3 Å². The highest BCUT2D eigenvalue weighted by Gasteiger charge is 2.71. The normalized spacial score (nSPS) is 40.3. The predicted molar refractivity (Wildman–Crippen MR) is 79.3 cm³/mol. The quantitative estimate of drug-likeness (QED) is 0.518. The average Bonchev–Trinajstić information content (AvgIpc) is 2.99. The molecular formula is C14H13Cl2F2N3O. The molecule has 22 heavy (non-hydrogen) atoms. The van der Waals surface area contributed by atoms with Crippen LogP contribution >= 0.6 is 23.2 Å². The maximum absolute atomic E-state index is 14.3. The van der Waals surface area contributed by atoms with E-state index in [1.807, 2.05) is 0 Å². The molecule has 3 rings (SSSR count). The molecular weight excluding hydrogens is 335 g/mol. The minimum atomic E-state index is -2.61. The fourth-order valence-corrected chi connectivity index (χ4v) is 3.95. The SMILES string of the molecule is O=C(N/N=C\[C@@H]1C[C@H]2C[C@H]1[C@](F)(Cl)[C@]2(F)Cl)c1ccncc1. The maximum atomic E-state index is 14.3. The van der Waals surface area contributed by atoms with Gasteiger partial charge in [-0.15, -0.1) is 0 Å². The average molecular weight is 348 g/mol. The first-order valence-corrected chi connectivity index (χ1v) is 7.59. The van der Waals surface area contributed by atoms with E-state index in [-0.39, 0.29) is 12.3 Å². The molecule has 4 nitrogen and oxygen atoms in total. The lowest BCUT2D eigenvalue weighted by Crippen LogP contribution is -2.47. The molecule has 2 fully saturated rings. The zero-order valence-corrected chi connectivity index (χ0v) is 12.9. The molecule has 0 spiro atoms. The molecule has 1 heterocycles. The summed E-state index contributed by atoms with van der Waals surface area (Å²) in [6.07, 6.45) is 5.01. The standard InChI is InChI=1S/C14H13Cl2F2N3O/c15-13(17)10-5-9(11(6-10)14(13,16)18)7-20-21-12(22)8-1-3-19-4-2-8/h1-4,7,9-11H,5-6H2,(H,21,22)/b20-7-/t9-,10-,11+,13-,14+/m0/s1. The lowest BCUT2D eigenvalue weighted by molar-refractivity contribution is 0.0289. The number of carbonyl (C=O) groups is 1. The molecule has 1 aromatic rings. The highest BCUT2D eigenvalue weighted by Crippen LogP contribution is 2.65. The summed E-state index contributed by atoms with van der Waals surface area (Å²) < 4.78 is 28.4. The summed E-state index contributed by atoms with van der Waals surface area (Å²) in [7, 11) is 0. The second kappa shape index (κ2) is 5.42. The van der Waals surface area contributed by atoms with Gasteiger partial charge in [-0.1, -0.05) is 23.2 Å². The fourth-order valence-electron chi connectivity index (χ4n) is 3.23. The van der Waals surface area contributed by atoms with E-state index < -0.39 is 28.0 Å². The Morgan fingerprint density at radius 3 is 2.59 bits per heavy atom. The number of fused-ring (bicyclic) bond motifs is 2. The molecule has 5 atom stereocenters. The van der Waals surface area contributed by atoms with Gasteiger partial charge in [0.15, 0.2) is 0 Å². The fraction of sp³-hybridized carbons (Fsp3) is 0.500. The molecule has 0 aromatic carbocycles. The van der Waals surface area contributed by atoms with Crippen molar-refractivity contribution in [2.24, 2.45) is 22.9 Å². The predicted octanol–water partition coefficient (Wildman–Crippen LogP) is 3.26. The molecule has 2 saturated carbocycles. The van der Waals surface area contributed by atoms with Crippen LogP contribution in [-0.2, 0) is 0 Å². The van der Waals surface area contributed by atoms with Gasteiger partial charge in [-0.05, 0) is 25.0 Å². The molecule has 2 aliphatic rings. The van der Waals surface area contributed by atoms with Crippen LogP contribution in [0.25, 0.3) is 0 Å². The minimum Gasteiger partial charge on any atom is -0.267 e. The summed E-state index contributed by atoms with van der Waals surface area (Å²) in [6, 6.07) is 3.08. The Morgan fingerprint density at radius 1 is 1.32 bits per heavy atom. The third-order valence-electron chi connectivity index (χ3n) is 4.41. The second-order valence-electron chi connectivity index (χ2n) is 5.64. The number of nitrogens with zero attached hydrogens (tertiary/aromatic N) is 2. The summed E-state index contributed by atoms with van der Waals surface area (Å²) in [6.45, 7) is 0. The molecule has 8 heteroatoms. The molecule has 118 valence electrons. The molecule has 1 amide bonds. The highest BCUT2D eigenvalue weighted by molar-refractivity contribution is 6.34. The number of pyridine rings is 1. The van der Waals surface area contributed by atoms with E-state index >= 15 is 0 Å². The summed E-state index contributed by atoms with van der Waals surface area (Å²) in [5.41, 5.74) is 2.75. The zero-order chi connectivity index (χ0) is 16.0. The van der Waals surface area contributed by atoms with Crippen LogP contribution in [0.15, 0.2) is 29.6 Å². The number of nitrogens with one attached hydrogen (secondary N) is 1. The van der Waals surface area contributed by atoms with Crippen LogP contribution in [0.5, 0.6) is 0 Å². The van der Waals surface area contributed by atoms with E-state index in [9.17, 15) is 13.6 Å². The lowest BCUT2D eigenvalue weighted by atomic mass is 9.86. The molecule has 1 N–H and O–H groups in total. The van der Waals surface area contributed by atoms with Crippen molar-refractivity contribution in [1.82, 2.24) is 10.4 Å². The molecule has 1 aromatic heterocycles. The first-order chi connectivity index (χ1) is 10.3. The van der Waals surface area contributed by atoms with E-state index in [1.54, 1.807) is 12.1 Å². The molecule has 2 aliphatic carbocycles. The van der Waals surface area contributed by atoms with Gasteiger partial charge in [0.05, 0.1) is 0 Å². The van der Waals surface area contributed by atoms with Crippen LogP contribution in [0.3, 0.4) is 0 Å². The number of hydrazone groups is 1. The van der Waals surface area contributed by atoms with Gasteiger partial charge in [-0.25, -0.2) is 14.2 Å². The van der Waals surface area contributed by atoms with Crippen molar-refractivity contribution in [1.29, 1.82) is 0 Å². The second-order valence-corrected chi connectivity index (χ2v) is 6.74. The Morgan fingerprint density at radius 2 is 2.00 bits per heavy atom. The van der Waals surface area contributed by atoms with Gasteiger partial charge in [0.1, 0.15) is 0 Å². The monoisotopic (exact) mass is 347 g/mol. The van der Waals surface area contributed by atoms with Gasteiger partial charge in [0.2, 0.25) is 10.3 Å². The maximum Gasteiger partial charge on any atom is 0.271 e. The van der Waals surface area contributed by atoms with Crippen LogP contribution in [0, 0.1) is 17.8 Å². The number of carbonyl (C=O) groups excluding carboxylic acids is 1. The summed E-state index contributed by atoms with van der Waals surface area (Å²) in [4.78, 5) is 15.6. The van der Waals surface area contributed by atoms with E-state index in [0.29, 0.717) is 12.0 Å². The molecule has 0 aliphatic heterocycles. The largest absolute Gasteiger partial charge is 0.271 e. The third kappa shape index (κ3) is 2.38. The number of hydrogen-bond donors (Lipinski definition) is 1. The molecule has 0 unspecified atom stereocenters. The number of hydrogen-bond acceptors (Lipinski definition) is 3. The zero-order valence-electron chi connectivity index (χ0n) is 11.3. The highest BCUT2D eigenvalue weighted by atomic mass is 35.5. The number of aromatic nitrogens is 1. The number of rotatable bonds is 3. The smallest absolute Gasteiger partial charge is 0.267 e. The van der Waals surface area contributed by atoms with E-state index in [2.05, 4.69) is 15.5 Å². The van der Waals surface area contributed by atoms with Crippen LogP contribution in [0.4, 0.5) is 8.78 Å². The topological polar surface area (TPSA) is 54.4 Å². The first-order valence-electron chi connectivity index (χ1n) is 6.83. The van der Waals surface area contributed by atoms with Gasteiger partial charge < -0.3 is 0 Å². The van der Waals surface area contributed by atoms with E-state index in [1.165, 1.54) is 18.6 Å². The van der Waals surface area contributed by atoms with Gasteiger partial charge in [0, 0.05) is 41.9 Å². The van der Waals surface area contributed by atoms with Crippen LogP contribution in [-0.4, -0.2) is 27.4 Å². The van der Waals surface area contributed by atoms with Crippen molar-refractivity contribution in [3.8, 4) is 0 Å². The van der Waals surface area contributed by atoms with Crippen LogP contribution in [0.2, 0.25) is 0 Å².